The molecule has 0 aliphatic carbocycles. The van der Waals surface area contributed by atoms with Gasteiger partial charge in [0.05, 0.1) is 32.0 Å². The summed E-state index contributed by atoms with van der Waals surface area (Å²) in [6.07, 6.45) is 38.4. The van der Waals surface area contributed by atoms with Crippen LogP contribution in [0.3, 0.4) is 0 Å². The largest absolute Gasteiger partial charge is 0.394 e. The Morgan fingerprint density at radius 2 is 0.827 bits per heavy atom. The monoisotopic (exact) mass is 1070 g/mol. The van der Waals surface area contributed by atoms with Crippen LogP contribution < -0.4 is 5.32 Å². The molecule has 2 aliphatic heterocycles. The van der Waals surface area contributed by atoms with Gasteiger partial charge in [-0.1, -0.05) is 264 Å². The topological polar surface area (TPSA) is 228 Å². The van der Waals surface area contributed by atoms with Crippen LogP contribution in [0.4, 0.5) is 0 Å². The van der Waals surface area contributed by atoms with Crippen molar-refractivity contribution in [2.45, 2.75) is 351 Å². The van der Waals surface area contributed by atoms with E-state index in [0.29, 0.717) is 6.42 Å². The first-order chi connectivity index (χ1) is 36.6. The molecule has 0 aromatic rings. The molecule has 2 heterocycles. The maximum absolute atomic E-state index is 13.3. The first-order valence-corrected chi connectivity index (χ1v) is 31.4. The summed E-state index contributed by atoms with van der Waals surface area (Å²) in [4.78, 5) is 13.3. The molecule has 0 saturated carbocycles. The Bertz CT molecular complexity index is 1310. The molecule has 2 saturated heterocycles. The highest BCUT2D eigenvalue weighted by molar-refractivity contribution is 5.76. The van der Waals surface area contributed by atoms with Gasteiger partial charge in [-0.25, -0.2) is 0 Å². The highest BCUT2D eigenvalue weighted by Crippen LogP contribution is 2.30. The molecule has 2 aliphatic rings. The molecule has 9 N–H and O–H groups in total. The summed E-state index contributed by atoms with van der Waals surface area (Å²) in [6, 6.07) is -0.909. The van der Waals surface area contributed by atoms with Gasteiger partial charge in [0.2, 0.25) is 5.91 Å². The van der Waals surface area contributed by atoms with Crippen LogP contribution in [0.1, 0.15) is 277 Å². The molecule has 444 valence electrons. The van der Waals surface area contributed by atoms with Crippen molar-refractivity contribution in [3.05, 3.63) is 12.2 Å². The Morgan fingerprint density at radius 1 is 0.467 bits per heavy atom. The maximum atomic E-state index is 13.3. The van der Waals surface area contributed by atoms with Crippen molar-refractivity contribution in [1.29, 1.82) is 0 Å². The van der Waals surface area contributed by atoms with Crippen molar-refractivity contribution in [3.8, 4) is 0 Å². The zero-order valence-electron chi connectivity index (χ0n) is 47.8. The lowest BCUT2D eigenvalue weighted by Gasteiger charge is -2.46. The zero-order valence-corrected chi connectivity index (χ0v) is 47.8. The number of unbranched alkanes of at least 4 members (excludes halogenated alkanes) is 38. The van der Waals surface area contributed by atoms with Crippen molar-refractivity contribution >= 4 is 5.91 Å². The van der Waals surface area contributed by atoms with E-state index in [0.717, 1.165) is 38.5 Å². The second-order valence-electron chi connectivity index (χ2n) is 22.6. The van der Waals surface area contributed by atoms with Crippen LogP contribution in [0.2, 0.25) is 0 Å². The van der Waals surface area contributed by atoms with Crippen LogP contribution in [0, 0.1) is 0 Å². The lowest BCUT2D eigenvalue weighted by Crippen LogP contribution is -2.65. The van der Waals surface area contributed by atoms with Gasteiger partial charge in [-0.2, -0.15) is 0 Å². The number of aliphatic hydroxyl groups excluding tert-OH is 8. The second-order valence-corrected chi connectivity index (χ2v) is 22.6. The lowest BCUT2D eigenvalue weighted by molar-refractivity contribution is -0.359. The molecule has 2 rings (SSSR count). The minimum Gasteiger partial charge on any atom is -0.394 e. The van der Waals surface area contributed by atoms with E-state index in [1.807, 2.05) is 6.08 Å². The lowest BCUT2D eigenvalue weighted by atomic mass is 9.97. The number of ether oxygens (including phenoxy) is 4. The van der Waals surface area contributed by atoms with Gasteiger partial charge in [0.1, 0.15) is 48.8 Å². The molecule has 14 heteroatoms. The van der Waals surface area contributed by atoms with E-state index in [2.05, 4.69) is 19.2 Å². The van der Waals surface area contributed by atoms with Gasteiger partial charge >= 0.3 is 0 Å². The van der Waals surface area contributed by atoms with Crippen LogP contribution in [0.5, 0.6) is 0 Å². The Hall–Kier alpha value is -1.27. The molecule has 0 spiro atoms. The molecule has 2 fully saturated rings. The molecule has 14 nitrogen and oxygen atoms in total. The molecule has 12 unspecified atom stereocenters. The standard InChI is InChI=1S/C61H117NO13/c1-3-5-7-9-11-13-15-17-19-20-21-22-23-24-25-26-27-28-29-30-31-33-35-37-39-41-43-45-53(66)62-49(50(65)44-42-40-38-36-34-32-18-16-14-12-10-8-6-4-2)48-72-60-58(71)56(69)59(52(47-64)74-60)75-61-57(70)55(68)54(67)51(46-63)73-61/h42,44,49-52,54-61,63-65,67-71H,3-41,43,45-48H2,1-2H3,(H,62,66)/b44-42+. The van der Waals surface area contributed by atoms with E-state index in [-0.39, 0.29) is 18.9 Å². The van der Waals surface area contributed by atoms with E-state index >= 15 is 0 Å². The molecule has 1 amide bonds. The Labute approximate surface area is 456 Å². The molecule has 0 aromatic carbocycles. The fourth-order valence-corrected chi connectivity index (χ4v) is 10.6. The summed E-state index contributed by atoms with van der Waals surface area (Å²) >= 11 is 0. The van der Waals surface area contributed by atoms with Gasteiger partial charge < -0.3 is 65.1 Å². The van der Waals surface area contributed by atoms with Crippen LogP contribution in [0.15, 0.2) is 12.2 Å². The van der Waals surface area contributed by atoms with Gasteiger partial charge in [-0.05, 0) is 19.3 Å². The molecule has 12 atom stereocenters. The number of nitrogens with one attached hydrogen (secondary N) is 1. The number of carbonyl (C=O) groups is 1. The van der Waals surface area contributed by atoms with E-state index in [9.17, 15) is 45.6 Å². The smallest absolute Gasteiger partial charge is 0.220 e. The first kappa shape index (κ1) is 69.8. The zero-order chi connectivity index (χ0) is 54.6. The maximum Gasteiger partial charge on any atom is 0.220 e. The molecule has 0 bridgehead atoms. The Kier molecular flexibility index (Phi) is 44.3. The average Bonchev–Trinajstić information content (AvgIpc) is 3.41. The van der Waals surface area contributed by atoms with Crippen molar-refractivity contribution in [2.75, 3.05) is 19.8 Å². The summed E-state index contributed by atoms with van der Waals surface area (Å²) in [5.41, 5.74) is 0. The third-order valence-electron chi connectivity index (χ3n) is 15.7. The average molecular weight is 1070 g/mol. The third-order valence-corrected chi connectivity index (χ3v) is 15.7. The summed E-state index contributed by atoms with van der Waals surface area (Å²) in [6.45, 7) is 2.83. The van der Waals surface area contributed by atoms with E-state index < -0.39 is 86.8 Å². The fraction of sp³-hybridized carbons (Fsp3) is 0.951. The van der Waals surface area contributed by atoms with Crippen molar-refractivity contribution in [3.63, 3.8) is 0 Å². The molecule has 75 heavy (non-hydrogen) atoms. The first-order valence-electron chi connectivity index (χ1n) is 31.4. The summed E-state index contributed by atoms with van der Waals surface area (Å²) in [7, 11) is 0. The normalized spacial score (nSPS) is 25.0. The molecule has 0 aromatic heterocycles. The van der Waals surface area contributed by atoms with Crippen molar-refractivity contribution in [1.82, 2.24) is 5.32 Å². The van der Waals surface area contributed by atoms with E-state index in [4.69, 9.17) is 18.9 Å². The van der Waals surface area contributed by atoms with E-state index in [1.54, 1.807) is 6.08 Å². The number of aliphatic hydroxyl groups is 8. The number of carbonyl (C=O) groups excluding carboxylic acids is 1. The fourth-order valence-electron chi connectivity index (χ4n) is 10.6. The quantitative estimate of drug-likeness (QED) is 0.0204. The van der Waals surface area contributed by atoms with Gasteiger partial charge in [0.15, 0.2) is 12.6 Å². The van der Waals surface area contributed by atoms with Gasteiger partial charge in [0.25, 0.3) is 0 Å². The Morgan fingerprint density at radius 3 is 1.23 bits per heavy atom. The predicted molar refractivity (Wildman–Crippen MR) is 300 cm³/mol. The highest BCUT2D eigenvalue weighted by Gasteiger charge is 2.51. The Balaban J connectivity index is 1.68. The highest BCUT2D eigenvalue weighted by atomic mass is 16.7. The minimum atomic E-state index is -1.79. The van der Waals surface area contributed by atoms with Crippen LogP contribution in [0.25, 0.3) is 0 Å². The summed E-state index contributed by atoms with van der Waals surface area (Å²) in [5, 5.41) is 87.1. The molecule has 0 radical (unpaired) electrons. The number of hydrogen-bond acceptors (Lipinski definition) is 13. The molecular formula is C61H117NO13. The van der Waals surface area contributed by atoms with E-state index in [1.165, 1.54) is 212 Å². The molecular weight excluding hydrogens is 955 g/mol. The van der Waals surface area contributed by atoms with Gasteiger partial charge in [0, 0.05) is 6.42 Å². The van der Waals surface area contributed by atoms with Crippen molar-refractivity contribution in [2.24, 2.45) is 0 Å². The number of hydrogen-bond donors (Lipinski definition) is 9. The van der Waals surface area contributed by atoms with Crippen LogP contribution in [-0.2, 0) is 23.7 Å². The third kappa shape index (κ3) is 33.2. The van der Waals surface area contributed by atoms with Crippen LogP contribution in [-0.4, -0.2) is 140 Å². The van der Waals surface area contributed by atoms with Crippen molar-refractivity contribution < 1.29 is 64.6 Å². The summed E-state index contributed by atoms with van der Waals surface area (Å²) < 4.78 is 22.8. The second kappa shape index (κ2) is 47.5. The number of rotatable bonds is 51. The summed E-state index contributed by atoms with van der Waals surface area (Å²) in [5.74, 6) is -0.233. The van der Waals surface area contributed by atoms with Crippen LogP contribution >= 0.6 is 0 Å². The minimum absolute atomic E-state index is 0.233. The SMILES string of the molecule is CCCCCCCCCCCCCC/C=C/C(O)C(COC1OC(CO)C(OC2OC(CO)C(O)C(O)C2O)C(O)C1O)NC(=O)CCCCCCCCCCCCCCCCCCCCCCCCCCCCC. The predicted octanol–water partition coefficient (Wildman–Crippen LogP) is 11.1. The van der Waals surface area contributed by atoms with Gasteiger partial charge in [-0.15, -0.1) is 0 Å². The number of allylic oxidation sites excluding steroid dienone is 1. The van der Waals surface area contributed by atoms with Gasteiger partial charge in [-0.3, -0.25) is 4.79 Å². The number of amides is 1.